The van der Waals surface area contributed by atoms with E-state index in [1.165, 1.54) is 6.42 Å². The third-order valence-electron chi connectivity index (χ3n) is 5.38. The van der Waals surface area contributed by atoms with Crippen LogP contribution in [0.3, 0.4) is 0 Å². The van der Waals surface area contributed by atoms with Gasteiger partial charge in [0.05, 0.1) is 25.0 Å². The molecule has 0 radical (unpaired) electrons. The molecule has 2 saturated heterocycles. The van der Waals surface area contributed by atoms with Gasteiger partial charge in [0.25, 0.3) is 0 Å². The van der Waals surface area contributed by atoms with E-state index in [0.717, 1.165) is 63.4 Å². The average molecular weight is 345 g/mol. The lowest BCUT2D eigenvalue weighted by Gasteiger charge is -2.38. The van der Waals surface area contributed by atoms with Crippen LogP contribution < -0.4 is 0 Å². The van der Waals surface area contributed by atoms with E-state index in [-0.39, 0.29) is 6.10 Å². The molecular weight excluding hydrogens is 318 g/mol. The summed E-state index contributed by atoms with van der Waals surface area (Å²) < 4.78 is 13.8. The zero-order chi connectivity index (χ0) is 17.1. The Hall–Kier alpha value is -1.63. The van der Waals surface area contributed by atoms with Gasteiger partial charge >= 0.3 is 0 Å². The number of piperidine rings is 1. The lowest BCUT2D eigenvalue weighted by molar-refractivity contribution is -0.0373. The van der Waals surface area contributed by atoms with Crippen LogP contribution >= 0.6 is 0 Å². The fourth-order valence-corrected chi connectivity index (χ4v) is 3.84. The highest BCUT2D eigenvalue weighted by atomic mass is 16.5. The molecule has 0 spiro atoms. The van der Waals surface area contributed by atoms with Gasteiger partial charge in [0, 0.05) is 32.1 Å². The monoisotopic (exact) mass is 345 g/mol. The zero-order valence-corrected chi connectivity index (χ0v) is 14.6. The summed E-state index contributed by atoms with van der Waals surface area (Å²) in [6.45, 7) is 4.00. The predicted molar refractivity (Wildman–Crippen MR) is 92.9 cm³/mol. The van der Waals surface area contributed by atoms with Crippen molar-refractivity contribution >= 4 is 0 Å². The van der Waals surface area contributed by atoms with Crippen LogP contribution in [0.25, 0.3) is 0 Å². The molecule has 1 atom stereocenters. The molecule has 2 aliphatic rings. The summed E-state index contributed by atoms with van der Waals surface area (Å²) in [5, 5.41) is 10.8. The van der Waals surface area contributed by atoms with E-state index in [9.17, 15) is 5.11 Å². The molecule has 2 aromatic heterocycles. The number of nitrogens with zero attached hydrogens (tertiary/aromatic N) is 3. The minimum atomic E-state index is -0.637. The van der Waals surface area contributed by atoms with Crippen molar-refractivity contribution in [1.29, 1.82) is 0 Å². The van der Waals surface area contributed by atoms with Gasteiger partial charge in [0.1, 0.15) is 17.6 Å². The molecule has 2 aliphatic heterocycles. The number of furan rings is 1. The predicted octanol–water partition coefficient (Wildman–Crippen LogP) is 2.74. The molecule has 6 nitrogen and oxygen atoms in total. The van der Waals surface area contributed by atoms with Gasteiger partial charge in [0.2, 0.25) is 0 Å². The van der Waals surface area contributed by atoms with Crippen molar-refractivity contribution in [3.8, 4) is 0 Å². The van der Waals surface area contributed by atoms with E-state index >= 15 is 0 Å². The summed E-state index contributed by atoms with van der Waals surface area (Å²) in [6.07, 6.45) is 10.5. The molecule has 25 heavy (non-hydrogen) atoms. The Balaban J connectivity index is 1.29. The summed E-state index contributed by atoms with van der Waals surface area (Å²) in [5.41, 5.74) is -0.637. The molecule has 0 aromatic carbocycles. The van der Waals surface area contributed by atoms with Gasteiger partial charge in [-0.15, -0.1) is 0 Å². The molecule has 0 bridgehead atoms. The number of ether oxygens (including phenoxy) is 1. The number of aliphatic hydroxyl groups is 1. The van der Waals surface area contributed by atoms with Crippen LogP contribution in [0.5, 0.6) is 0 Å². The van der Waals surface area contributed by atoms with Gasteiger partial charge in [-0.05, 0) is 44.2 Å². The first-order valence-corrected chi connectivity index (χ1v) is 9.31. The Morgan fingerprint density at radius 3 is 2.84 bits per heavy atom. The second-order valence-electron chi connectivity index (χ2n) is 7.39. The number of hydrogen-bond donors (Lipinski definition) is 1. The summed E-state index contributed by atoms with van der Waals surface area (Å²) in [7, 11) is 0. The van der Waals surface area contributed by atoms with E-state index in [0.29, 0.717) is 6.54 Å². The van der Waals surface area contributed by atoms with Crippen LogP contribution in [0, 0.1) is 0 Å². The second-order valence-corrected chi connectivity index (χ2v) is 7.39. The van der Waals surface area contributed by atoms with E-state index in [4.69, 9.17) is 9.15 Å². The first-order chi connectivity index (χ1) is 12.2. The number of likely N-dealkylation sites (tertiary alicyclic amines) is 1. The topological polar surface area (TPSA) is 63.7 Å². The largest absolute Gasteiger partial charge is 0.462 e. The first kappa shape index (κ1) is 16.8. The first-order valence-electron chi connectivity index (χ1n) is 9.31. The maximum absolute atomic E-state index is 10.8. The van der Waals surface area contributed by atoms with Gasteiger partial charge in [-0.3, -0.25) is 4.90 Å². The summed E-state index contributed by atoms with van der Waals surface area (Å²) in [4.78, 5) is 6.40. The van der Waals surface area contributed by atoms with Gasteiger partial charge in [0.15, 0.2) is 0 Å². The van der Waals surface area contributed by atoms with E-state index in [1.54, 1.807) is 12.5 Å². The van der Waals surface area contributed by atoms with Crippen molar-refractivity contribution < 1.29 is 14.3 Å². The number of hydrogen-bond acceptors (Lipinski definition) is 5. The van der Waals surface area contributed by atoms with Crippen molar-refractivity contribution in [3.05, 3.63) is 42.4 Å². The Morgan fingerprint density at radius 1 is 1.24 bits per heavy atom. The Kier molecular flexibility index (Phi) is 4.92. The Morgan fingerprint density at radius 2 is 2.12 bits per heavy atom. The van der Waals surface area contributed by atoms with E-state index in [1.807, 2.05) is 10.8 Å². The van der Waals surface area contributed by atoms with Gasteiger partial charge in [-0.25, -0.2) is 4.98 Å². The van der Waals surface area contributed by atoms with Crippen LogP contribution in [0.15, 0.2) is 35.3 Å². The molecule has 0 amide bonds. The fraction of sp³-hybridized carbons (Fsp3) is 0.632. The standard InChI is InChI=1S/C19H27N3O3/c23-19(14-22-11-8-20-15-22)6-9-21(10-7-19)13-16-4-5-18(25-16)17-3-1-2-12-24-17/h4-5,8,11,15,17,23H,1-3,6-7,9-10,12-14H2/t17-/m1/s1. The van der Waals surface area contributed by atoms with Gasteiger partial charge in [-0.2, -0.15) is 0 Å². The minimum Gasteiger partial charge on any atom is -0.462 e. The third-order valence-corrected chi connectivity index (χ3v) is 5.38. The molecule has 6 heteroatoms. The lowest BCUT2D eigenvalue weighted by Crippen LogP contribution is -2.46. The number of imidazole rings is 1. The van der Waals surface area contributed by atoms with Crippen LogP contribution in [0.2, 0.25) is 0 Å². The summed E-state index contributed by atoms with van der Waals surface area (Å²) in [5.74, 6) is 1.95. The quantitative estimate of drug-likeness (QED) is 0.903. The van der Waals surface area contributed by atoms with E-state index < -0.39 is 5.60 Å². The molecular formula is C19H27N3O3. The molecule has 2 fully saturated rings. The highest BCUT2D eigenvalue weighted by Crippen LogP contribution is 2.30. The maximum atomic E-state index is 10.8. The molecule has 4 heterocycles. The van der Waals surface area contributed by atoms with E-state index in [2.05, 4.69) is 22.0 Å². The third kappa shape index (κ3) is 4.14. The smallest absolute Gasteiger partial charge is 0.133 e. The summed E-state index contributed by atoms with van der Waals surface area (Å²) in [6, 6.07) is 4.13. The van der Waals surface area contributed by atoms with Crippen molar-refractivity contribution in [3.63, 3.8) is 0 Å². The van der Waals surface area contributed by atoms with Crippen molar-refractivity contribution in [2.24, 2.45) is 0 Å². The van der Waals surface area contributed by atoms with Crippen LogP contribution in [-0.2, 0) is 17.8 Å². The molecule has 0 unspecified atom stereocenters. The molecule has 2 aromatic rings. The molecule has 4 rings (SSSR count). The molecule has 1 N–H and O–H groups in total. The highest BCUT2D eigenvalue weighted by Gasteiger charge is 2.33. The molecule has 0 aliphatic carbocycles. The van der Waals surface area contributed by atoms with Crippen molar-refractivity contribution in [2.45, 2.75) is 56.9 Å². The number of aromatic nitrogens is 2. The number of rotatable bonds is 5. The van der Waals surface area contributed by atoms with Crippen molar-refractivity contribution in [2.75, 3.05) is 19.7 Å². The normalized spacial score (nSPS) is 24.4. The van der Waals surface area contributed by atoms with Crippen molar-refractivity contribution in [1.82, 2.24) is 14.5 Å². The molecule has 136 valence electrons. The average Bonchev–Trinajstić information content (AvgIpc) is 3.30. The fourth-order valence-electron chi connectivity index (χ4n) is 3.84. The van der Waals surface area contributed by atoms with Gasteiger partial charge in [-0.1, -0.05) is 0 Å². The van der Waals surface area contributed by atoms with Crippen LogP contribution in [0.1, 0.15) is 49.7 Å². The maximum Gasteiger partial charge on any atom is 0.133 e. The molecule has 0 saturated carbocycles. The van der Waals surface area contributed by atoms with Crippen LogP contribution in [-0.4, -0.2) is 44.9 Å². The SMILES string of the molecule is OC1(Cn2ccnc2)CCN(Cc2ccc([C@H]3CCCCO3)o2)CC1. The van der Waals surface area contributed by atoms with Crippen LogP contribution in [0.4, 0.5) is 0 Å². The second kappa shape index (κ2) is 7.32. The van der Waals surface area contributed by atoms with Gasteiger partial charge < -0.3 is 18.8 Å². The zero-order valence-electron chi connectivity index (χ0n) is 14.6. The minimum absolute atomic E-state index is 0.129. The lowest BCUT2D eigenvalue weighted by atomic mass is 9.91. The Bertz CT molecular complexity index is 653. The highest BCUT2D eigenvalue weighted by molar-refractivity contribution is 5.10. The summed E-state index contributed by atoms with van der Waals surface area (Å²) >= 11 is 0. The Labute approximate surface area is 148 Å².